The van der Waals surface area contributed by atoms with Crippen LogP contribution >= 0.6 is 33.9 Å². The Morgan fingerprint density at radius 2 is 1.13 bits per heavy atom. The molecule has 0 saturated carbocycles. The lowest BCUT2D eigenvalue weighted by molar-refractivity contribution is 0.595. The van der Waals surface area contributed by atoms with E-state index >= 15 is 0 Å². The number of benzene rings is 4. The number of aromatic nitrogens is 4. The number of rotatable bonds is 4. The predicted molar refractivity (Wildman–Crippen MR) is 198 cm³/mol. The van der Waals surface area contributed by atoms with Crippen LogP contribution in [0, 0.1) is 23.3 Å². The Morgan fingerprint density at radius 1 is 0.642 bits per heavy atom. The molecule has 4 aromatic carbocycles. The van der Waals surface area contributed by atoms with Gasteiger partial charge >= 0.3 is 0 Å². The van der Waals surface area contributed by atoms with E-state index in [-0.39, 0.29) is 20.5 Å². The van der Waals surface area contributed by atoms with Crippen molar-refractivity contribution >= 4 is 108 Å². The molecule has 53 heavy (non-hydrogen) atoms. The Morgan fingerprint density at radius 3 is 1.66 bits per heavy atom. The molecule has 0 aliphatic heterocycles. The maximum Gasteiger partial charge on any atom is 0.264 e. The Hall–Kier alpha value is -5.13. The summed E-state index contributed by atoms with van der Waals surface area (Å²) < 4.78 is 102. The highest BCUT2D eigenvalue weighted by molar-refractivity contribution is 8.14. The minimum absolute atomic E-state index is 0.0494. The molecule has 4 heterocycles. The molecule has 0 unspecified atom stereocenters. The molecule has 5 N–H and O–H groups in total. The summed E-state index contributed by atoms with van der Waals surface area (Å²) in [4.78, 5) is 14.3. The number of aromatic amines is 2. The summed E-state index contributed by atoms with van der Waals surface area (Å²) in [6.07, 6.45) is 5.94. The Kier molecular flexibility index (Phi) is 10.4. The molecule has 0 radical (unpaired) electrons. The van der Waals surface area contributed by atoms with Crippen molar-refractivity contribution in [3.63, 3.8) is 0 Å². The number of nitrogen functional groups attached to an aromatic ring is 1. The van der Waals surface area contributed by atoms with Crippen LogP contribution in [0.15, 0.2) is 107 Å². The molecule has 10 nitrogen and oxygen atoms in total. The largest absolute Gasteiger partial charge is 0.396 e. The van der Waals surface area contributed by atoms with Gasteiger partial charge in [0.05, 0.1) is 43.5 Å². The fourth-order valence-electron chi connectivity index (χ4n) is 5.16. The summed E-state index contributed by atoms with van der Waals surface area (Å²) in [6.45, 7) is 0. The topological polar surface area (TPSA) is 164 Å². The minimum atomic E-state index is -4.19. The van der Waals surface area contributed by atoms with Crippen molar-refractivity contribution < 1.29 is 34.4 Å². The van der Waals surface area contributed by atoms with Crippen LogP contribution in [0.1, 0.15) is 0 Å². The molecule has 0 spiro atoms. The van der Waals surface area contributed by atoms with Crippen molar-refractivity contribution in [3.05, 3.63) is 131 Å². The van der Waals surface area contributed by atoms with Gasteiger partial charge in [0.1, 0.15) is 33.1 Å². The SMILES string of the molecule is Nc1cc(F)c(Cl)cc1F.O=S(=O)(Cl)c1cnc2c1ccc1ccc[nH]c12.O=S(=O)(Nc1cc(F)c(Cl)cc1F)c1cnc2c1ccc1ccc[nH]c12. The number of pyridine rings is 2. The van der Waals surface area contributed by atoms with E-state index in [1.807, 2.05) is 35.1 Å². The second-order valence-corrected chi connectivity index (χ2v) is 16.0. The van der Waals surface area contributed by atoms with Crippen molar-refractivity contribution in [2.45, 2.75) is 9.79 Å². The number of nitrogens with one attached hydrogen (secondary N) is 3. The quantitative estimate of drug-likeness (QED) is 0.0595. The van der Waals surface area contributed by atoms with Crippen molar-refractivity contribution in [2.75, 3.05) is 10.5 Å². The Bertz CT molecular complexity index is 2880. The zero-order valence-electron chi connectivity index (χ0n) is 26.3. The van der Waals surface area contributed by atoms with E-state index in [1.165, 1.54) is 12.4 Å². The van der Waals surface area contributed by atoms with E-state index in [4.69, 9.17) is 39.6 Å². The van der Waals surface area contributed by atoms with E-state index in [0.717, 1.165) is 28.4 Å². The van der Waals surface area contributed by atoms with Crippen LogP contribution in [0.25, 0.3) is 43.6 Å². The first-order valence-electron chi connectivity index (χ1n) is 14.8. The predicted octanol–water partition coefficient (Wildman–Crippen LogP) is 9.29. The van der Waals surface area contributed by atoms with Gasteiger partial charge in [-0.1, -0.05) is 59.6 Å². The molecule has 0 aliphatic carbocycles. The number of anilines is 2. The first-order valence-corrected chi connectivity index (χ1v) is 19.3. The Labute approximate surface area is 312 Å². The zero-order valence-corrected chi connectivity index (χ0v) is 30.2. The minimum Gasteiger partial charge on any atom is -0.396 e. The average Bonchev–Trinajstić information content (AvgIpc) is 3.77. The number of hydrogen-bond donors (Lipinski definition) is 4. The lowest BCUT2D eigenvalue weighted by atomic mass is 10.1. The van der Waals surface area contributed by atoms with Gasteiger partial charge in [0.15, 0.2) is 0 Å². The zero-order chi connectivity index (χ0) is 38.2. The lowest BCUT2D eigenvalue weighted by Gasteiger charge is -2.09. The number of nitrogens with two attached hydrogens (primary N) is 1. The highest BCUT2D eigenvalue weighted by Crippen LogP contribution is 2.32. The van der Waals surface area contributed by atoms with Crippen LogP contribution in [-0.4, -0.2) is 36.8 Å². The maximum absolute atomic E-state index is 13.9. The highest BCUT2D eigenvalue weighted by Gasteiger charge is 2.23. The molecule has 0 bridgehead atoms. The van der Waals surface area contributed by atoms with Crippen LogP contribution in [0.2, 0.25) is 10.0 Å². The molecule has 0 amide bonds. The third kappa shape index (κ3) is 7.82. The molecular weight excluding hydrogens is 803 g/mol. The van der Waals surface area contributed by atoms with Crippen LogP contribution in [0.4, 0.5) is 28.9 Å². The van der Waals surface area contributed by atoms with E-state index in [0.29, 0.717) is 39.5 Å². The summed E-state index contributed by atoms with van der Waals surface area (Å²) in [7, 11) is -2.60. The summed E-state index contributed by atoms with van der Waals surface area (Å²) in [6, 6.07) is 17.5. The number of fused-ring (bicyclic) bond motifs is 6. The molecule has 8 rings (SSSR count). The molecule has 272 valence electrons. The molecule has 4 aromatic heterocycles. The van der Waals surface area contributed by atoms with Gasteiger partial charge in [-0.05, 0) is 24.3 Å². The average molecular weight is 824 g/mol. The summed E-state index contributed by atoms with van der Waals surface area (Å²) in [5, 5.41) is 2.04. The first kappa shape index (κ1) is 37.6. The van der Waals surface area contributed by atoms with Gasteiger partial charge in [-0.25, -0.2) is 34.4 Å². The van der Waals surface area contributed by atoms with E-state index in [9.17, 15) is 34.4 Å². The highest BCUT2D eigenvalue weighted by atomic mass is 35.7. The molecule has 0 atom stereocenters. The Balaban J connectivity index is 0.000000152. The lowest BCUT2D eigenvalue weighted by Crippen LogP contribution is -2.14. The molecular formula is C34H21Cl3F4N6O4S2. The smallest absolute Gasteiger partial charge is 0.264 e. The monoisotopic (exact) mass is 822 g/mol. The normalized spacial score (nSPS) is 11.7. The van der Waals surface area contributed by atoms with Crippen molar-refractivity contribution in [1.29, 1.82) is 0 Å². The third-order valence-corrected chi connectivity index (χ3v) is 10.9. The van der Waals surface area contributed by atoms with Gasteiger partial charge in [0.2, 0.25) is 0 Å². The van der Waals surface area contributed by atoms with Gasteiger partial charge in [0, 0.05) is 69.1 Å². The van der Waals surface area contributed by atoms with Crippen molar-refractivity contribution in [1.82, 2.24) is 19.9 Å². The van der Waals surface area contributed by atoms with Crippen molar-refractivity contribution in [3.8, 4) is 0 Å². The second kappa shape index (κ2) is 14.7. The number of hydrogen-bond acceptors (Lipinski definition) is 7. The fourth-order valence-corrected chi connectivity index (χ4v) is 7.64. The molecule has 0 aliphatic rings. The van der Waals surface area contributed by atoms with Gasteiger partial charge in [-0.15, -0.1) is 0 Å². The van der Waals surface area contributed by atoms with E-state index in [1.54, 1.807) is 30.6 Å². The summed E-state index contributed by atoms with van der Waals surface area (Å²) in [5.74, 6) is -3.33. The standard InChI is InChI=1S/C17H10ClF2N3O2S.C11H7ClN2O2S.C6H4ClF2N/c18-11-6-13(20)14(7-12(11)19)23-26(24,25)15-8-22-17-10(15)4-3-9-2-1-5-21-16(9)17;12-17(15,16)9-6-14-11-8(9)4-3-7-2-1-5-13-10(7)11;7-3-1-5(9)6(10)2-4(3)8/h1-8,21,23H;1-6,13H;1-2H,10H2. The van der Waals surface area contributed by atoms with E-state index in [2.05, 4.69) is 19.9 Å². The summed E-state index contributed by atoms with van der Waals surface area (Å²) in [5.41, 5.74) is 6.80. The molecule has 0 saturated heterocycles. The number of H-pyrrole nitrogens is 2. The number of sulfonamides is 1. The summed E-state index contributed by atoms with van der Waals surface area (Å²) >= 11 is 10.7. The second-order valence-electron chi connectivity index (χ2n) is 11.0. The molecule has 8 aromatic rings. The van der Waals surface area contributed by atoms with Gasteiger partial charge in [-0.2, -0.15) is 0 Å². The first-order chi connectivity index (χ1) is 25.0. The fraction of sp³-hybridized carbons (Fsp3) is 0. The van der Waals surface area contributed by atoms with Crippen LogP contribution in [0.3, 0.4) is 0 Å². The van der Waals surface area contributed by atoms with Gasteiger partial charge in [0.25, 0.3) is 19.1 Å². The van der Waals surface area contributed by atoms with Crippen LogP contribution in [0.5, 0.6) is 0 Å². The number of nitrogens with zero attached hydrogens (tertiary/aromatic N) is 2. The third-order valence-electron chi connectivity index (χ3n) is 7.62. The van der Waals surface area contributed by atoms with Crippen LogP contribution < -0.4 is 10.5 Å². The van der Waals surface area contributed by atoms with Gasteiger partial charge < -0.3 is 15.7 Å². The molecule has 19 heteroatoms. The van der Waals surface area contributed by atoms with Crippen molar-refractivity contribution in [2.24, 2.45) is 0 Å². The van der Waals surface area contributed by atoms with Gasteiger partial charge in [-0.3, -0.25) is 14.7 Å². The molecule has 0 fully saturated rings. The maximum atomic E-state index is 13.9. The number of halogens is 7. The van der Waals surface area contributed by atoms with E-state index < -0.39 is 53.1 Å². The van der Waals surface area contributed by atoms with Crippen LogP contribution in [-0.2, 0) is 19.1 Å².